The summed E-state index contributed by atoms with van der Waals surface area (Å²) in [4.78, 5) is 0. The standard InChI is InChI=1S/C12H10O.ClH/c13-11-7-5-9-3-1-2-8-4-6-10(11)12(8)9;/h1-3,5,7,13H,4,6H2;1H. The topological polar surface area (TPSA) is 20.2 Å². The molecule has 0 saturated heterocycles. The first-order valence-corrected chi connectivity index (χ1v) is 4.59. The number of aromatic hydroxyl groups is 1. The average Bonchev–Trinajstić information content (AvgIpc) is 2.57. The van der Waals surface area contributed by atoms with Crippen LogP contribution in [-0.2, 0) is 12.8 Å². The summed E-state index contributed by atoms with van der Waals surface area (Å²) in [5.41, 5.74) is 2.51. The SMILES string of the molecule is Cl.Oc1ccc2cccc3c2c1CC3. The molecule has 0 heterocycles. The van der Waals surface area contributed by atoms with Crippen LogP contribution in [0.1, 0.15) is 11.1 Å². The lowest BCUT2D eigenvalue weighted by molar-refractivity contribution is 0.470. The van der Waals surface area contributed by atoms with Crippen molar-refractivity contribution < 1.29 is 5.11 Å². The number of benzene rings is 2. The van der Waals surface area contributed by atoms with Crippen LogP contribution in [-0.4, -0.2) is 5.11 Å². The summed E-state index contributed by atoms with van der Waals surface area (Å²) in [6.07, 6.45) is 2.06. The molecule has 72 valence electrons. The van der Waals surface area contributed by atoms with Gasteiger partial charge in [0.25, 0.3) is 0 Å². The maximum Gasteiger partial charge on any atom is 0.119 e. The summed E-state index contributed by atoms with van der Waals surface area (Å²) in [6, 6.07) is 10.1. The summed E-state index contributed by atoms with van der Waals surface area (Å²) in [6.45, 7) is 0. The molecule has 0 spiro atoms. The molecule has 1 nitrogen and oxygen atoms in total. The maximum absolute atomic E-state index is 9.64. The minimum Gasteiger partial charge on any atom is -0.508 e. The highest BCUT2D eigenvalue weighted by atomic mass is 35.5. The van der Waals surface area contributed by atoms with E-state index in [1.54, 1.807) is 6.07 Å². The largest absolute Gasteiger partial charge is 0.508 e. The first-order valence-electron chi connectivity index (χ1n) is 4.59. The number of phenolic OH excluding ortho intramolecular Hbond substituents is 1. The molecule has 2 aromatic rings. The third kappa shape index (κ3) is 1.09. The summed E-state index contributed by atoms with van der Waals surface area (Å²) in [5.74, 6) is 0.456. The maximum atomic E-state index is 9.64. The van der Waals surface area contributed by atoms with Gasteiger partial charge in [0.1, 0.15) is 5.75 Å². The number of phenols is 1. The van der Waals surface area contributed by atoms with Gasteiger partial charge in [0, 0.05) is 5.56 Å². The van der Waals surface area contributed by atoms with Crippen molar-refractivity contribution >= 4 is 23.2 Å². The van der Waals surface area contributed by atoms with Crippen LogP contribution in [0.15, 0.2) is 30.3 Å². The fourth-order valence-corrected chi connectivity index (χ4v) is 2.25. The van der Waals surface area contributed by atoms with Gasteiger partial charge in [-0.1, -0.05) is 24.3 Å². The van der Waals surface area contributed by atoms with Crippen molar-refractivity contribution in [3.8, 4) is 5.75 Å². The van der Waals surface area contributed by atoms with E-state index in [-0.39, 0.29) is 12.4 Å². The Morgan fingerprint density at radius 3 is 2.71 bits per heavy atom. The van der Waals surface area contributed by atoms with Gasteiger partial charge in [-0.3, -0.25) is 0 Å². The number of rotatable bonds is 0. The van der Waals surface area contributed by atoms with Gasteiger partial charge >= 0.3 is 0 Å². The van der Waals surface area contributed by atoms with Crippen molar-refractivity contribution in [3.63, 3.8) is 0 Å². The van der Waals surface area contributed by atoms with Gasteiger partial charge in [0.15, 0.2) is 0 Å². The predicted molar refractivity (Wildman–Crippen MR) is 60.3 cm³/mol. The molecule has 0 aliphatic heterocycles. The molecule has 0 unspecified atom stereocenters. The van der Waals surface area contributed by atoms with Crippen LogP contribution in [0, 0.1) is 0 Å². The number of aryl methyl sites for hydroxylation is 2. The number of hydrogen-bond donors (Lipinski definition) is 1. The highest BCUT2D eigenvalue weighted by molar-refractivity contribution is 5.92. The third-order valence-corrected chi connectivity index (χ3v) is 2.86. The quantitative estimate of drug-likeness (QED) is 0.703. The van der Waals surface area contributed by atoms with E-state index >= 15 is 0 Å². The van der Waals surface area contributed by atoms with Crippen molar-refractivity contribution in [2.75, 3.05) is 0 Å². The minimum absolute atomic E-state index is 0. The lowest BCUT2D eigenvalue weighted by Gasteiger charge is -2.02. The van der Waals surface area contributed by atoms with Crippen LogP contribution in [0.25, 0.3) is 10.8 Å². The van der Waals surface area contributed by atoms with Crippen LogP contribution < -0.4 is 0 Å². The van der Waals surface area contributed by atoms with Crippen molar-refractivity contribution in [3.05, 3.63) is 41.5 Å². The Labute approximate surface area is 88.8 Å². The molecular weight excluding hydrogens is 196 g/mol. The van der Waals surface area contributed by atoms with Crippen LogP contribution in [0.4, 0.5) is 0 Å². The summed E-state index contributed by atoms with van der Waals surface area (Å²) in [5, 5.41) is 12.2. The molecule has 2 heteroatoms. The molecule has 0 fully saturated rings. The lowest BCUT2D eigenvalue weighted by atomic mass is 10.0. The van der Waals surface area contributed by atoms with Gasteiger partial charge < -0.3 is 5.11 Å². The molecular formula is C12H11ClO. The Balaban J connectivity index is 0.000000750. The number of hydrogen-bond acceptors (Lipinski definition) is 1. The van der Waals surface area contributed by atoms with E-state index in [4.69, 9.17) is 0 Å². The van der Waals surface area contributed by atoms with Crippen molar-refractivity contribution in [1.82, 2.24) is 0 Å². The van der Waals surface area contributed by atoms with E-state index in [9.17, 15) is 5.11 Å². The predicted octanol–water partition coefficient (Wildman–Crippen LogP) is 3.07. The van der Waals surface area contributed by atoms with Crippen LogP contribution in [0.3, 0.4) is 0 Å². The van der Waals surface area contributed by atoms with E-state index in [0.29, 0.717) is 5.75 Å². The molecule has 0 bridgehead atoms. The molecule has 2 aromatic carbocycles. The third-order valence-electron chi connectivity index (χ3n) is 2.86. The lowest BCUT2D eigenvalue weighted by Crippen LogP contribution is -1.79. The van der Waals surface area contributed by atoms with Gasteiger partial charge in [-0.05, 0) is 35.2 Å². The first-order chi connectivity index (χ1) is 6.36. The van der Waals surface area contributed by atoms with E-state index in [1.807, 2.05) is 6.07 Å². The Morgan fingerprint density at radius 1 is 1.00 bits per heavy atom. The zero-order valence-corrected chi connectivity index (χ0v) is 8.47. The van der Waals surface area contributed by atoms with Gasteiger partial charge in [0.2, 0.25) is 0 Å². The van der Waals surface area contributed by atoms with Gasteiger partial charge in [-0.25, -0.2) is 0 Å². The fourth-order valence-electron chi connectivity index (χ4n) is 2.25. The number of halogens is 1. The molecule has 0 amide bonds. The molecule has 3 rings (SSSR count). The summed E-state index contributed by atoms with van der Waals surface area (Å²) >= 11 is 0. The molecule has 1 N–H and O–H groups in total. The van der Waals surface area contributed by atoms with E-state index < -0.39 is 0 Å². The van der Waals surface area contributed by atoms with Crippen LogP contribution >= 0.6 is 12.4 Å². The first kappa shape index (κ1) is 9.35. The second-order valence-electron chi connectivity index (χ2n) is 3.58. The second kappa shape index (κ2) is 3.18. The average molecular weight is 207 g/mol. The van der Waals surface area contributed by atoms with E-state index in [2.05, 4.69) is 18.2 Å². The molecule has 14 heavy (non-hydrogen) atoms. The summed E-state index contributed by atoms with van der Waals surface area (Å²) < 4.78 is 0. The molecule has 1 aliphatic carbocycles. The van der Waals surface area contributed by atoms with Gasteiger partial charge in [-0.15, -0.1) is 12.4 Å². The van der Waals surface area contributed by atoms with Crippen LogP contribution in [0.2, 0.25) is 0 Å². The molecule has 0 aromatic heterocycles. The molecule has 0 saturated carbocycles. The monoisotopic (exact) mass is 206 g/mol. The molecule has 1 aliphatic rings. The van der Waals surface area contributed by atoms with Crippen molar-refractivity contribution in [2.45, 2.75) is 12.8 Å². The smallest absolute Gasteiger partial charge is 0.119 e. The van der Waals surface area contributed by atoms with Gasteiger partial charge in [-0.2, -0.15) is 0 Å². The second-order valence-corrected chi connectivity index (χ2v) is 3.58. The zero-order valence-electron chi connectivity index (χ0n) is 7.66. The Bertz CT molecular complexity index is 491. The van der Waals surface area contributed by atoms with E-state index in [0.717, 1.165) is 18.4 Å². The normalized spacial score (nSPS) is 12.9. The highest BCUT2D eigenvalue weighted by Crippen LogP contribution is 2.35. The highest BCUT2D eigenvalue weighted by Gasteiger charge is 2.16. The Kier molecular flexibility index (Phi) is 2.12. The Hall–Kier alpha value is -1.21. The van der Waals surface area contributed by atoms with Crippen LogP contribution in [0.5, 0.6) is 5.75 Å². The zero-order chi connectivity index (χ0) is 8.84. The van der Waals surface area contributed by atoms with E-state index in [1.165, 1.54) is 16.3 Å². The van der Waals surface area contributed by atoms with Crippen molar-refractivity contribution in [2.24, 2.45) is 0 Å². The summed E-state index contributed by atoms with van der Waals surface area (Å²) in [7, 11) is 0. The Morgan fingerprint density at radius 2 is 1.86 bits per heavy atom. The minimum atomic E-state index is 0. The molecule has 0 atom stereocenters. The molecule has 0 radical (unpaired) electrons. The van der Waals surface area contributed by atoms with Gasteiger partial charge in [0.05, 0.1) is 0 Å². The van der Waals surface area contributed by atoms with Crippen molar-refractivity contribution in [1.29, 1.82) is 0 Å². The fraction of sp³-hybridized carbons (Fsp3) is 0.167.